The third-order valence-corrected chi connectivity index (χ3v) is 2.54. The SMILES string of the molecule is Cc1ccccc1CNc1ncncc1C#N. The van der Waals surface area contributed by atoms with Crippen molar-refractivity contribution < 1.29 is 0 Å². The highest BCUT2D eigenvalue weighted by atomic mass is 15.0. The first kappa shape index (κ1) is 11.1. The first-order chi connectivity index (χ1) is 8.31. The zero-order valence-corrected chi connectivity index (χ0v) is 9.51. The van der Waals surface area contributed by atoms with Crippen LogP contribution in [0.1, 0.15) is 16.7 Å². The minimum Gasteiger partial charge on any atom is -0.365 e. The summed E-state index contributed by atoms with van der Waals surface area (Å²) in [4.78, 5) is 7.86. The molecule has 84 valence electrons. The van der Waals surface area contributed by atoms with Gasteiger partial charge in [-0.3, -0.25) is 0 Å². The second-order valence-corrected chi connectivity index (χ2v) is 3.68. The standard InChI is InChI=1S/C13H12N4/c1-10-4-2-3-5-11(10)8-16-13-12(6-14)7-15-9-17-13/h2-5,7,9H,8H2,1H3,(H,15,16,17). The first-order valence-corrected chi connectivity index (χ1v) is 5.29. The molecule has 0 fully saturated rings. The van der Waals surface area contributed by atoms with Gasteiger partial charge in [0.1, 0.15) is 23.8 Å². The predicted octanol–water partition coefficient (Wildman–Crippen LogP) is 2.27. The van der Waals surface area contributed by atoms with Crippen molar-refractivity contribution in [1.82, 2.24) is 9.97 Å². The molecule has 1 aromatic carbocycles. The number of aryl methyl sites for hydroxylation is 1. The maximum Gasteiger partial charge on any atom is 0.147 e. The lowest BCUT2D eigenvalue weighted by molar-refractivity contribution is 1.06. The van der Waals surface area contributed by atoms with Gasteiger partial charge in [-0.1, -0.05) is 24.3 Å². The van der Waals surface area contributed by atoms with Gasteiger partial charge in [-0.15, -0.1) is 0 Å². The molecule has 4 heteroatoms. The van der Waals surface area contributed by atoms with Crippen LogP contribution in [0, 0.1) is 18.3 Å². The van der Waals surface area contributed by atoms with E-state index < -0.39 is 0 Å². The topological polar surface area (TPSA) is 61.6 Å². The Morgan fingerprint density at radius 3 is 2.94 bits per heavy atom. The van der Waals surface area contributed by atoms with Crippen molar-refractivity contribution in [2.45, 2.75) is 13.5 Å². The summed E-state index contributed by atoms with van der Waals surface area (Å²) in [5, 5.41) is 12.0. The zero-order chi connectivity index (χ0) is 12.1. The Balaban J connectivity index is 2.13. The average molecular weight is 224 g/mol. The van der Waals surface area contributed by atoms with E-state index in [9.17, 15) is 0 Å². The van der Waals surface area contributed by atoms with Gasteiger partial charge in [0.05, 0.1) is 6.20 Å². The molecule has 0 saturated carbocycles. The van der Waals surface area contributed by atoms with Crippen LogP contribution in [-0.2, 0) is 6.54 Å². The Hall–Kier alpha value is -2.41. The molecule has 0 spiro atoms. The largest absolute Gasteiger partial charge is 0.365 e. The van der Waals surface area contributed by atoms with E-state index in [1.807, 2.05) is 12.1 Å². The van der Waals surface area contributed by atoms with Crippen molar-refractivity contribution >= 4 is 5.82 Å². The fourth-order valence-electron chi connectivity index (χ4n) is 1.54. The van der Waals surface area contributed by atoms with Crippen LogP contribution in [0.25, 0.3) is 0 Å². The van der Waals surface area contributed by atoms with Gasteiger partial charge in [-0.05, 0) is 18.1 Å². The van der Waals surface area contributed by atoms with E-state index >= 15 is 0 Å². The summed E-state index contributed by atoms with van der Waals surface area (Å²) in [5.74, 6) is 0.575. The van der Waals surface area contributed by atoms with E-state index in [1.54, 1.807) is 0 Å². The van der Waals surface area contributed by atoms with Crippen molar-refractivity contribution in [3.05, 3.63) is 53.5 Å². The molecule has 0 unspecified atom stereocenters. The van der Waals surface area contributed by atoms with Crippen molar-refractivity contribution in [2.24, 2.45) is 0 Å². The van der Waals surface area contributed by atoms with Crippen LogP contribution in [0.15, 0.2) is 36.8 Å². The highest BCUT2D eigenvalue weighted by Crippen LogP contribution is 2.12. The first-order valence-electron chi connectivity index (χ1n) is 5.29. The third-order valence-electron chi connectivity index (χ3n) is 2.54. The Labute approximate surface area is 100.0 Å². The number of anilines is 1. The van der Waals surface area contributed by atoms with Gasteiger partial charge in [0.25, 0.3) is 0 Å². The van der Waals surface area contributed by atoms with E-state index in [0.717, 1.165) is 0 Å². The van der Waals surface area contributed by atoms with Gasteiger partial charge in [-0.25, -0.2) is 9.97 Å². The van der Waals surface area contributed by atoms with Crippen molar-refractivity contribution in [1.29, 1.82) is 5.26 Å². The number of nitrogens with zero attached hydrogens (tertiary/aromatic N) is 3. The van der Waals surface area contributed by atoms with Gasteiger partial charge in [-0.2, -0.15) is 5.26 Å². The van der Waals surface area contributed by atoms with Crippen LogP contribution in [0.5, 0.6) is 0 Å². The Kier molecular flexibility index (Phi) is 3.31. The lowest BCUT2D eigenvalue weighted by atomic mass is 10.1. The van der Waals surface area contributed by atoms with Crippen LogP contribution in [-0.4, -0.2) is 9.97 Å². The number of nitrogens with one attached hydrogen (secondary N) is 1. The van der Waals surface area contributed by atoms with E-state index in [0.29, 0.717) is 17.9 Å². The summed E-state index contributed by atoms with van der Waals surface area (Å²) >= 11 is 0. The Bertz CT molecular complexity index is 557. The number of benzene rings is 1. The second kappa shape index (κ2) is 5.08. The maximum atomic E-state index is 8.90. The lowest BCUT2D eigenvalue weighted by Gasteiger charge is -2.08. The van der Waals surface area contributed by atoms with Crippen LogP contribution >= 0.6 is 0 Å². The van der Waals surface area contributed by atoms with Gasteiger partial charge < -0.3 is 5.32 Å². The van der Waals surface area contributed by atoms with Gasteiger partial charge >= 0.3 is 0 Å². The molecule has 2 aromatic rings. The number of nitriles is 1. The molecule has 0 radical (unpaired) electrons. The highest BCUT2D eigenvalue weighted by Gasteiger charge is 2.03. The van der Waals surface area contributed by atoms with Crippen molar-refractivity contribution in [3.8, 4) is 6.07 Å². The molecule has 0 saturated heterocycles. The quantitative estimate of drug-likeness (QED) is 0.868. The summed E-state index contributed by atoms with van der Waals surface area (Å²) in [6.45, 7) is 2.71. The third kappa shape index (κ3) is 2.58. The lowest BCUT2D eigenvalue weighted by Crippen LogP contribution is -2.04. The van der Waals surface area contributed by atoms with E-state index in [-0.39, 0.29) is 0 Å². The van der Waals surface area contributed by atoms with Crippen LogP contribution in [0.4, 0.5) is 5.82 Å². The smallest absolute Gasteiger partial charge is 0.147 e. The molecule has 0 aliphatic heterocycles. The van der Waals surface area contributed by atoms with Gasteiger partial charge in [0, 0.05) is 6.54 Å². The minimum absolute atomic E-state index is 0.459. The molecule has 1 heterocycles. The van der Waals surface area contributed by atoms with Crippen LogP contribution in [0.3, 0.4) is 0 Å². The summed E-state index contributed by atoms with van der Waals surface area (Å²) in [7, 11) is 0. The summed E-state index contributed by atoms with van der Waals surface area (Å²) in [6, 6.07) is 10.2. The molecule has 1 aromatic heterocycles. The molecule has 1 N–H and O–H groups in total. The van der Waals surface area contributed by atoms with Gasteiger partial charge in [0.15, 0.2) is 0 Å². The highest BCUT2D eigenvalue weighted by molar-refractivity contribution is 5.50. The molecular formula is C13H12N4. The van der Waals surface area contributed by atoms with Crippen molar-refractivity contribution in [2.75, 3.05) is 5.32 Å². The number of aromatic nitrogens is 2. The Morgan fingerprint density at radius 2 is 2.18 bits per heavy atom. The molecule has 2 rings (SSSR count). The fraction of sp³-hybridized carbons (Fsp3) is 0.154. The number of hydrogen-bond donors (Lipinski definition) is 1. The second-order valence-electron chi connectivity index (χ2n) is 3.68. The monoisotopic (exact) mass is 224 g/mol. The summed E-state index contributed by atoms with van der Waals surface area (Å²) < 4.78 is 0. The fourth-order valence-corrected chi connectivity index (χ4v) is 1.54. The molecule has 17 heavy (non-hydrogen) atoms. The van der Waals surface area contributed by atoms with E-state index in [1.165, 1.54) is 23.7 Å². The summed E-state index contributed by atoms with van der Waals surface area (Å²) in [6.07, 6.45) is 2.94. The van der Waals surface area contributed by atoms with Crippen molar-refractivity contribution in [3.63, 3.8) is 0 Å². The van der Waals surface area contributed by atoms with Crippen LogP contribution < -0.4 is 5.32 Å². The maximum absolute atomic E-state index is 8.90. The summed E-state index contributed by atoms with van der Waals surface area (Å²) in [5.41, 5.74) is 2.86. The molecule has 4 nitrogen and oxygen atoms in total. The zero-order valence-electron chi connectivity index (χ0n) is 9.51. The van der Waals surface area contributed by atoms with E-state index in [2.05, 4.69) is 40.4 Å². The normalized spacial score (nSPS) is 9.65. The number of rotatable bonds is 3. The average Bonchev–Trinajstić information content (AvgIpc) is 2.38. The molecule has 0 amide bonds. The molecule has 0 atom stereocenters. The number of hydrogen-bond acceptors (Lipinski definition) is 4. The Morgan fingerprint density at radius 1 is 1.35 bits per heavy atom. The molecule has 0 bridgehead atoms. The van der Waals surface area contributed by atoms with Gasteiger partial charge in [0.2, 0.25) is 0 Å². The molecule has 0 aliphatic carbocycles. The van der Waals surface area contributed by atoms with Crippen LogP contribution in [0.2, 0.25) is 0 Å². The minimum atomic E-state index is 0.459. The predicted molar refractivity (Wildman–Crippen MR) is 65.3 cm³/mol. The van der Waals surface area contributed by atoms with E-state index in [4.69, 9.17) is 5.26 Å². The molecular weight excluding hydrogens is 212 g/mol. The molecule has 0 aliphatic rings.